The molecule has 0 saturated carbocycles. The molecule has 0 saturated heterocycles. The van der Waals surface area contributed by atoms with Gasteiger partial charge in [-0.05, 0) is 22.9 Å². The smallest absolute Gasteiger partial charge is 0.188 e. The highest BCUT2D eigenvalue weighted by Crippen LogP contribution is 2.31. The van der Waals surface area contributed by atoms with Crippen LogP contribution in [-0.2, 0) is 0 Å². The highest BCUT2D eigenvalue weighted by atomic mass is 16.3. The minimum atomic E-state index is -0.167. The number of hydrogen-bond donors (Lipinski definition) is 1. The van der Waals surface area contributed by atoms with E-state index in [1.165, 1.54) is 18.6 Å². The lowest BCUT2D eigenvalue weighted by atomic mass is 10.0. The summed E-state index contributed by atoms with van der Waals surface area (Å²) in [5.41, 5.74) is 0.271. The Morgan fingerprint density at radius 2 is 1.62 bits per heavy atom. The third-order valence-electron chi connectivity index (χ3n) is 3.67. The number of nitrogens with zero attached hydrogens (tertiary/aromatic N) is 2. The fourth-order valence-electron chi connectivity index (χ4n) is 2.62. The van der Waals surface area contributed by atoms with Gasteiger partial charge in [0.15, 0.2) is 5.43 Å². The maximum Gasteiger partial charge on any atom is 0.188 e. The Kier molecular flexibility index (Phi) is 2.38. The molecular weight excluding hydrogens is 264 g/mol. The molecule has 0 atom stereocenters. The summed E-state index contributed by atoms with van der Waals surface area (Å²) >= 11 is 0. The number of benzene rings is 2. The summed E-state index contributed by atoms with van der Waals surface area (Å²) < 4.78 is 0. The van der Waals surface area contributed by atoms with Crippen LogP contribution in [-0.4, -0.2) is 15.1 Å². The van der Waals surface area contributed by atoms with Crippen molar-refractivity contribution in [1.29, 1.82) is 0 Å². The van der Waals surface area contributed by atoms with Crippen LogP contribution in [0.5, 0.6) is 5.75 Å². The molecule has 0 radical (unpaired) electrons. The second kappa shape index (κ2) is 4.24. The Morgan fingerprint density at radius 1 is 0.905 bits per heavy atom. The molecule has 4 heteroatoms. The quantitative estimate of drug-likeness (QED) is 0.535. The van der Waals surface area contributed by atoms with Crippen LogP contribution in [0.1, 0.15) is 0 Å². The largest absolute Gasteiger partial charge is 0.507 e. The number of aromatic hydroxyl groups is 1. The predicted octanol–water partition coefficient (Wildman–Crippen LogP) is 3.00. The molecule has 100 valence electrons. The van der Waals surface area contributed by atoms with Crippen LogP contribution in [0, 0.1) is 0 Å². The van der Waals surface area contributed by atoms with Crippen LogP contribution in [0.4, 0.5) is 0 Å². The molecule has 1 N–H and O–H groups in total. The SMILES string of the molecule is O=c1cc2ncncc2c(O)c2cc3ccccc3cc12. The maximum atomic E-state index is 12.4. The van der Waals surface area contributed by atoms with Gasteiger partial charge in [0.1, 0.15) is 12.1 Å². The van der Waals surface area contributed by atoms with Crippen molar-refractivity contribution in [3.63, 3.8) is 0 Å². The van der Waals surface area contributed by atoms with Gasteiger partial charge in [0.05, 0.1) is 10.9 Å². The van der Waals surface area contributed by atoms with Crippen molar-refractivity contribution in [2.24, 2.45) is 0 Å². The van der Waals surface area contributed by atoms with Crippen molar-refractivity contribution in [3.05, 3.63) is 65.2 Å². The Balaban J connectivity index is 2.36. The van der Waals surface area contributed by atoms with E-state index in [4.69, 9.17) is 0 Å². The highest BCUT2D eigenvalue weighted by Gasteiger charge is 2.09. The zero-order valence-electron chi connectivity index (χ0n) is 10.9. The molecule has 21 heavy (non-hydrogen) atoms. The van der Waals surface area contributed by atoms with Crippen molar-refractivity contribution in [1.82, 2.24) is 9.97 Å². The second-order valence-electron chi connectivity index (χ2n) is 4.92. The van der Waals surface area contributed by atoms with Crippen molar-refractivity contribution in [2.45, 2.75) is 0 Å². The standard InChI is InChI=1S/C17H10N2O2/c20-16-7-15-14(8-18-9-19-15)17(21)13-6-11-4-2-1-3-10(11)5-12(13)16/h1-9,21H. The zero-order valence-corrected chi connectivity index (χ0v) is 10.9. The van der Waals surface area contributed by atoms with Crippen molar-refractivity contribution in [2.75, 3.05) is 0 Å². The fourth-order valence-corrected chi connectivity index (χ4v) is 2.62. The first kappa shape index (κ1) is 11.8. The van der Waals surface area contributed by atoms with E-state index in [2.05, 4.69) is 9.97 Å². The minimum absolute atomic E-state index is 0.0356. The number of fused-ring (bicyclic) bond motifs is 3. The van der Waals surface area contributed by atoms with Crippen LogP contribution >= 0.6 is 0 Å². The van der Waals surface area contributed by atoms with E-state index in [9.17, 15) is 9.90 Å². The zero-order chi connectivity index (χ0) is 14.4. The minimum Gasteiger partial charge on any atom is -0.507 e. The summed E-state index contributed by atoms with van der Waals surface area (Å²) in [6.45, 7) is 0. The van der Waals surface area contributed by atoms with E-state index in [0.29, 0.717) is 21.7 Å². The molecule has 4 nitrogen and oxygen atoms in total. The fraction of sp³-hybridized carbons (Fsp3) is 0. The summed E-state index contributed by atoms with van der Waals surface area (Å²) in [5, 5.41) is 13.9. The van der Waals surface area contributed by atoms with Gasteiger partial charge in [-0.25, -0.2) is 9.97 Å². The van der Waals surface area contributed by atoms with E-state index >= 15 is 0 Å². The van der Waals surface area contributed by atoms with Crippen molar-refractivity contribution in [3.8, 4) is 5.75 Å². The van der Waals surface area contributed by atoms with Gasteiger partial charge in [0.2, 0.25) is 0 Å². The van der Waals surface area contributed by atoms with Gasteiger partial charge < -0.3 is 5.11 Å². The van der Waals surface area contributed by atoms with Crippen LogP contribution in [0.25, 0.3) is 32.4 Å². The third-order valence-corrected chi connectivity index (χ3v) is 3.67. The molecule has 1 aromatic heterocycles. The topological polar surface area (TPSA) is 63.1 Å². The molecule has 0 amide bonds. The second-order valence-corrected chi connectivity index (χ2v) is 4.92. The van der Waals surface area contributed by atoms with Gasteiger partial charge in [-0.1, -0.05) is 24.3 Å². The summed E-state index contributed by atoms with van der Waals surface area (Å²) in [7, 11) is 0. The van der Waals surface area contributed by atoms with E-state index in [0.717, 1.165) is 10.8 Å². The maximum absolute atomic E-state index is 12.4. The molecule has 0 spiro atoms. The lowest BCUT2D eigenvalue weighted by Gasteiger charge is -2.01. The first-order chi connectivity index (χ1) is 10.2. The molecule has 4 rings (SSSR count). The first-order valence-corrected chi connectivity index (χ1v) is 6.52. The summed E-state index contributed by atoms with van der Waals surface area (Å²) in [6.07, 6.45) is 2.88. The molecule has 4 aromatic rings. The third kappa shape index (κ3) is 1.73. The van der Waals surface area contributed by atoms with E-state index < -0.39 is 0 Å². The highest BCUT2D eigenvalue weighted by molar-refractivity contribution is 6.05. The van der Waals surface area contributed by atoms with Gasteiger partial charge in [-0.15, -0.1) is 0 Å². The summed E-state index contributed by atoms with van der Waals surface area (Å²) in [4.78, 5) is 20.4. The molecule has 0 aliphatic rings. The molecule has 0 fully saturated rings. The molecule has 0 aliphatic carbocycles. The average molecular weight is 274 g/mol. The molecule has 0 aliphatic heterocycles. The Hall–Kier alpha value is -3.01. The summed E-state index contributed by atoms with van der Waals surface area (Å²) in [6, 6.07) is 12.8. The normalized spacial score (nSPS) is 11.2. The van der Waals surface area contributed by atoms with E-state index in [1.54, 1.807) is 6.07 Å². The molecular formula is C17H10N2O2. The van der Waals surface area contributed by atoms with Crippen molar-refractivity contribution >= 4 is 32.4 Å². The van der Waals surface area contributed by atoms with Gasteiger partial charge in [0.25, 0.3) is 0 Å². The average Bonchev–Trinajstić information content (AvgIpc) is 2.62. The molecule has 0 bridgehead atoms. The van der Waals surface area contributed by atoms with Crippen LogP contribution in [0.3, 0.4) is 0 Å². The molecule has 0 unspecified atom stereocenters. The number of rotatable bonds is 0. The number of hydrogen-bond acceptors (Lipinski definition) is 4. The van der Waals surface area contributed by atoms with Gasteiger partial charge >= 0.3 is 0 Å². The van der Waals surface area contributed by atoms with Crippen LogP contribution in [0.2, 0.25) is 0 Å². The lowest BCUT2D eigenvalue weighted by molar-refractivity contribution is 0.488. The first-order valence-electron chi connectivity index (χ1n) is 6.52. The monoisotopic (exact) mass is 274 g/mol. The molecule has 3 aromatic carbocycles. The molecule has 1 heterocycles. The summed E-state index contributed by atoms with van der Waals surface area (Å²) in [5.74, 6) is 0.0356. The lowest BCUT2D eigenvalue weighted by Crippen LogP contribution is -1.95. The Labute approximate surface area is 119 Å². The Morgan fingerprint density at radius 3 is 2.38 bits per heavy atom. The van der Waals surface area contributed by atoms with Crippen LogP contribution < -0.4 is 5.43 Å². The number of aromatic nitrogens is 2. The van der Waals surface area contributed by atoms with E-state index in [-0.39, 0.29) is 11.2 Å². The van der Waals surface area contributed by atoms with Crippen LogP contribution in [0.15, 0.2) is 59.8 Å². The van der Waals surface area contributed by atoms with Gasteiger partial charge in [-0.2, -0.15) is 0 Å². The van der Waals surface area contributed by atoms with Crippen molar-refractivity contribution < 1.29 is 5.11 Å². The van der Waals surface area contributed by atoms with E-state index in [1.807, 2.05) is 30.3 Å². The van der Waals surface area contributed by atoms with Gasteiger partial charge in [-0.3, -0.25) is 4.79 Å². The van der Waals surface area contributed by atoms with Gasteiger partial charge in [0, 0.05) is 23.0 Å². The predicted molar refractivity (Wildman–Crippen MR) is 82.5 cm³/mol. The Bertz CT molecular complexity index is 1070.